The molecule has 176 valence electrons. The largest absolute Gasteiger partial charge is 0.496 e. The molecule has 0 radical (unpaired) electrons. The number of benzene rings is 2. The van der Waals surface area contributed by atoms with E-state index >= 15 is 0 Å². The first-order chi connectivity index (χ1) is 15.3. The lowest BCUT2D eigenvalue weighted by Crippen LogP contribution is -2.40. The van der Waals surface area contributed by atoms with Crippen molar-refractivity contribution in [2.24, 2.45) is 10.9 Å². The predicted octanol–water partition coefficient (Wildman–Crippen LogP) is 4.33. The van der Waals surface area contributed by atoms with Gasteiger partial charge in [0.15, 0.2) is 5.96 Å². The third kappa shape index (κ3) is 8.60. The summed E-state index contributed by atoms with van der Waals surface area (Å²) in [6.07, 6.45) is 1.13. The van der Waals surface area contributed by atoms with Gasteiger partial charge in [-0.25, -0.2) is 0 Å². The van der Waals surface area contributed by atoms with E-state index in [1.807, 2.05) is 30.3 Å². The maximum atomic E-state index is 5.95. The zero-order valence-corrected chi connectivity index (χ0v) is 21.5. The number of hydrogen-bond donors (Lipinski definition) is 1. The summed E-state index contributed by atoms with van der Waals surface area (Å²) in [5.41, 5.74) is 2.28. The highest BCUT2D eigenvalue weighted by molar-refractivity contribution is 14.0. The van der Waals surface area contributed by atoms with Gasteiger partial charge in [-0.1, -0.05) is 48.5 Å². The van der Waals surface area contributed by atoms with Gasteiger partial charge >= 0.3 is 0 Å². The molecule has 1 aliphatic heterocycles. The first kappa shape index (κ1) is 26.4. The van der Waals surface area contributed by atoms with E-state index in [-0.39, 0.29) is 24.0 Å². The molecule has 7 heteroatoms. The van der Waals surface area contributed by atoms with Crippen molar-refractivity contribution in [3.8, 4) is 5.75 Å². The molecule has 3 rings (SSSR count). The summed E-state index contributed by atoms with van der Waals surface area (Å²) in [7, 11) is 1.68. The molecule has 1 atom stereocenters. The SMILES string of the molecule is CCNC(=NCCOCc1ccccc1OC)N1CCC(COCc2ccccc2)C1.I. The van der Waals surface area contributed by atoms with Crippen molar-refractivity contribution in [3.63, 3.8) is 0 Å². The summed E-state index contributed by atoms with van der Waals surface area (Å²) in [4.78, 5) is 7.10. The number of para-hydroxylation sites is 1. The molecule has 2 aromatic rings. The number of methoxy groups -OCH3 is 1. The van der Waals surface area contributed by atoms with Crippen LogP contribution in [0, 0.1) is 5.92 Å². The lowest BCUT2D eigenvalue weighted by atomic mass is 10.1. The second kappa shape index (κ2) is 15.1. The molecular formula is C25H36IN3O3. The number of guanidine groups is 1. The number of aliphatic imine (C=N–C) groups is 1. The quantitative estimate of drug-likeness (QED) is 0.194. The fourth-order valence-corrected chi connectivity index (χ4v) is 3.72. The molecule has 0 amide bonds. The molecule has 1 aliphatic rings. The number of nitrogens with zero attached hydrogens (tertiary/aromatic N) is 2. The summed E-state index contributed by atoms with van der Waals surface area (Å²) in [5.74, 6) is 2.36. The van der Waals surface area contributed by atoms with E-state index in [9.17, 15) is 0 Å². The van der Waals surface area contributed by atoms with Crippen molar-refractivity contribution < 1.29 is 14.2 Å². The van der Waals surface area contributed by atoms with Gasteiger partial charge in [-0.05, 0) is 25.0 Å². The molecule has 32 heavy (non-hydrogen) atoms. The first-order valence-corrected chi connectivity index (χ1v) is 11.1. The van der Waals surface area contributed by atoms with Crippen molar-refractivity contribution in [2.75, 3.05) is 46.5 Å². The molecule has 1 unspecified atom stereocenters. The van der Waals surface area contributed by atoms with Crippen molar-refractivity contribution in [3.05, 3.63) is 65.7 Å². The van der Waals surface area contributed by atoms with Gasteiger partial charge < -0.3 is 24.4 Å². The zero-order valence-electron chi connectivity index (χ0n) is 19.2. The van der Waals surface area contributed by atoms with E-state index in [0.29, 0.717) is 32.3 Å². The topological polar surface area (TPSA) is 55.3 Å². The highest BCUT2D eigenvalue weighted by atomic mass is 127. The average molecular weight is 553 g/mol. The van der Waals surface area contributed by atoms with Crippen molar-refractivity contribution in [1.82, 2.24) is 10.2 Å². The molecule has 0 bridgehead atoms. The van der Waals surface area contributed by atoms with E-state index in [1.165, 1.54) is 5.56 Å². The Kier molecular flexibility index (Phi) is 12.4. The standard InChI is InChI=1S/C25H35N3O3.HI/c1-3-26-25(27-14-16-30-20-23-11-7-8-12-24(23)29-2)28-15-13-22(17-28)19-31-18-21-9-5-4-6-10-21;/h4-12,22H,3,13-20H2,1-2H3,(H,26,27);1H. The monoisotopic (exact) mass is 553 g/mol. The fraction of sp³-hybridized carbons (Fsp3) is 0.480. The second-order valence-electron chi connectivity index (χ2n) is 7.70. The van der Waals surface area contributed by atoms with Crippen LogP contribution in [0.4, 0.5) is 0 Å². The van der Waals surface area contributed by atoms with Crippen LogP contribution in [0.25, 0.3) is 0 Å². The third-order valence-corrected chi connectivity index (χ3v) is 5.33. The van der Waals surface area contributed by atoms with Crippen LogP contribution in [0.1, 0.15) is 24.5 Å². The molecular weight excluding hydrogens is 517 g/mol. The minimum Gasteiger partial charge on any atom is -0.496 e. The van der Waals surface area contributed by atoms with E-state index < -0.39 is 0 Å². The molecule has 0 spiro atoms. The molecule has 0 saturated carbocycles. The Hall–Kier alpha value is -1.84. The number of ether oxygens (including phenoxy) is 3. The molecule has 1 saturated heterocycles. The van der Waals surface area contributed by atoms with Gasteiger partial charge in [0.2, 0.25) is 0 Å². The summed E-state index contributed by atoms with van der Waals surface area (Å²) < 4.78 is 17.1. The number of rotatable bonds is 11. The Labute approximate surface area is 209 Å². The average Bonchev–Trinajstić information content (AvgIpc) is 3.28. The van der Waals surface area contributed by atoms with Crippen LogP contribution in [-0.4, -0.2) is 57.4 Å². The maximum Gasteiger partial charge on any atom is 0.194 e. The molecule has 1 fully saturated rings. The van der Waals surface area contributed by atoms with Gasteiger partial charge in [-0.15, -0.1) is 24.0 Å². The Morgan fingerprint density at radius 1 is 1.06 bits per heavy atom. The second-order valence-corrected chi connectivity index (χ2v) is 7.70. The summed E-state index contributed by atoms with van der Waals surface area (Å²) >= 11 is 0. The molecule has 1 heterocycles. The van der Waals surface area contributed by atoms with E-state index in [4.69, 9.17) is 19.2 Å². The predicted molar refractivity (Wildman–Crippen MR) is 140 cm³/mol. The Morgan fingerprint density at radius 2 is 1.84 bits per heavy atom. The number of hydrogen-bond acceptors (Lipinski definition) is 4. The van der Waals surface area contributed by atoms with Crippen molar-refractivity contribution >= 4 is 29.9 Å². The molecule has 0 aromatic heterocycles. The first-order valence-electron chi connectivity index (χ1n) is 11.1. The summed E-state index contributed by atoms with van der Waals surface area (Å²) in [6.45, 7) is 8.13. The number of nitrogens with one attached hydrogen (secondary N) is 1. The van der Waals surface area contributed by atoms with E-state index in [1.54, 1.807) is 7.11 Å². The van der Waals surface area contributed by atoms with Crippen LogP contribution in [0.2, 0.25) is 0 Å². The molecule has 1 N–H and O–H groups in total. The molecule has 0 aliphatic carbocycles. The number of likely N-dealkylation sites (tertiary alicyclic amines) is 1. The highest BCUT2D eigenvalue weighted by Gasteiger charge is 2.24. The van der Waals surface area contributed by atoms with Crippen LogP contribution in [0.5, 0.6) is 5.75 Å². The normalized spacial score (nSPS) is 16.0. The van der Waals surface area contributed by atoms with Crippen molar-refractivity contribution in [2.45, 2.75) is 26.6 Å². The van der Waals surface area contributed by atoms with Gasteiger partial charge in [-0.3, -0.25) is 4.99 Å². The Morgan fingerprint density at radius 3 is 2.62 bits per heavy atom. The van der Waals surface area contributed by atoms with Crippen LogP contribution >= 0.6 is 24.0 Å². The van der Waals surface area contributed by atoms with Crippen LogP contribution in [0.15, 0.2) is 59.6 Å². The van der Waals surface area contributed by atoms with Crippen molar-refractivity contribution in [1.29, 1.82) is 0 Å². The molecule has 2 aromatic carbocycles. The van der Waals surface area contributed by atoms with Crippen LogP contribution in [0.3, 0.4) is 0 Å². The van der Waals surface area contributed by atoms with Gasteiger partial charge in [0, 0.05) is 31.1 Å². The highest BCUT2D eigenvalue weighted by Crippen LogP contribution is 2.19. The zero-order chi connectivity index (χ0) is 21.7. The van der Waals surface area contributed by atoms with E-state index in [2.05, 4.69) is 41.4 Å². The lowest BCUT2D eigenvalue weighted by Gasteiger charge is -2.21. The van der Waals surface area contributed by atoms with Gasteiger partial charge in [0.25, 0.3) is 0 Å². The minimum absolute atomic E-state index is 0. The fourth-order valence-electron chi connectivity index (χ4n) is 3.72. The van der Waals surface area contributed by atoms with Crippen LogP contribution in [-0.2, 0) is 22.7 Å². The minimum atomic E-state index is 0. The smallest absolute Gasteiger partial charge is 0.194 e. The molecule has 6 nitrogen and oxygen atoms in total. The van der Waals surface area contributed by atoms with Gasteiger partial charge in [0.05, 0.1) is 40.1 Å². The van der Waals surface area contributed by atoms with Gasteiger partial charge in [0.1, 0.15) is 5.75 Å². The van der Waals surface area contributed by atoms with E-state index in [0.717, 1.165) is 49.9 Å². The summed E-state index contributed by atoms with van der Waals surface area (Å²) in [6, 6.07) is 18.3. The Bertz CT molecular complexity index is 804. The third-order valence-electron chi connectivity index (χ3n) is 5.33. The lowest BCUT2D eigenvalue weighted by molar-refractivity contribution is 0.0906. The van der Waals surface area contributed by atoms with Gasteiger partial charge in [-0.2, -0.15) is 0 Å². The Balaban J connectivity index is 0.00000363. The maximum absolute atomic E-state index is 5.95. The summed E-state index contributed by atoms with van der Waals surface area (Å²) in [5, 5.41) is 3.41. The number of halogens is 1. The van der Waals surface area contributed by atoms with Crippen LogP contribution < -0.4 is 10.1 Å².